The molecule has 0 aromatic carbocycles. The first-order valence-electron chi connectivity index (χ1n) is 2.59. The fraction of sp³-hybridized carbons (Fsp3) is 0.500. The molecule has 0 aromatic heterocycles. The van der Waals surface area contributed by atoms with E-state index in [0.29, 0.717) is 6.61 Å². The largest absolute Gasteiger partial charge is 1.00 e. The maximum absolute atomic E-state index is 10.4. The van der Waals surface area contributed by atoms with Gasteiger partial charge in [-0.15, -0.1) is 6.08 Å². The average molecular weight is 136 g/mol. The maximum Gasteiger partial charge on any atom is 1.00 e. The average Bonchev–Trinajstić information content (AvgIpc) is 1.85. The predicted octanol–water partition coefficient (Wildman–Crippen LogP) is -2.48. The van der Waals surface area contributed by atoms with E-state index < -0.39 is 5.97 Å². The van der Waals surface area contributed by atoms with Gasteiger partial charge in [-0.25, -0.2) is 0 Å². The number of esters is 1. The van der Waals surface area contributed by atoms with Crippen molar-refractivity contribution in [2.75, 3.05) is 13.7 Å². The third kappa shape index (κ3) is 7.61. The van der Waals surface area contributed by atoms with Crippen LogP contribution in [0.3, 0.4) is 0 Å². The van der Waals surface area contributed by atoms with Crippen LogP contribution in [0.25, 0.3) is 0 Å². The quantitative estimate of drug-likeness (QED) is 0.142. The normalized spacial score (nSPS) is 8.60. The van der Waals surface area contributed by atoms with Gasteiger partial charge in [0.2, 0.25) is 0 Å². The Balaban J connectivity index is 0. The van der Waals surface area contributed by atoms with E-state index in [1.54, 1.807) is 6.92 Å². The van der Waals surface area contributed by atoms with Crippen LogP contribution in [0.15, 0.2) is 6.08 Å². The van der Waals surface area contributed by atoms with Crippen LogP contribution in [0.2, 0.25) is 0 Å². The number of carbonyl (C=O) groups is 1. The van der Waals surface area contributed by atoms with Crippen LogP contribution >= 0.6 is 0 Å². The minimum Gasteiger partial charge on any atom is -0.596 e. The van der Waals surface area contributed by atoms with Gasteiger partial charge < -0.3 is 14.3 Å². The molecule has 0 spiro atoms. The Morgan fingerprint density at radius 3 is 2.70 bits per heavy atom. The maximum atomic E-state index is 10.4. The zero-order valence-electron chi connectivity index (χ0n) is 6.51. The second-order valence-electron chi connectivity index (χ2n) is 1.22. The summed E-state index contributed by atoms with van der Waals surface area (Å²) in [4.78, 5) is 10.4. The van der Waals surface area contributed by atoms with Crippen LogP contribution in [-0.2, 0) is 14.3 Å². The van der Waals surface area contributed by atoms with E-state index in [1.165, 1.54) is 7.11 Å². The first-order chi connectivity index (χ1) is 4.31. The molecule has 0 N–H and O–H groups in total. The molecule has 0 aromatic rings. The van der Waals surface area contributed by atoms with E-state index in [2.05, 4.69) is 15.7 Å². The number of ether oxygens (including phenoxy) is 2. The number of methoxy groups -OCH3 is 1. The molecule has 0 atom stereocenters. The fourth-order valence-electron chi connectivity index (χ4n) is 0.291. The summed E-state index contributed by atoms with van der Waals surface area (Å²) in [6.07, 6.45) is 3.33. The van der Waals surface area contributed by atoms with Crippen LogP contribution in [0.1, 0.15) is 6.92 Å². The van der Waals surface area contributed by atoms with Crippen molar-refractivity contribution >= 4 is 5.97 Å². The molecule has 0 aliphatic rings. The Kier molecular flexibility index (Phi) is 10.6. The topological polar surface area (TPSA) is 35.5 Å². The Labute approximate surface area is 72.6 Å². The standard InChI is InChI=1S/C6H9O3.Li/c1-3-9-6(7)4-5-8-2;/h4H,3H2,1-2H3;/q-1;+1. The Bertz CT molecular complexity index is 112. The van der Waals surface area contributed by atoms with Crippen molar-refractivity contribution in [3.63, 3.8) is 0 Å². The number of hydrogen-bond acceptors (Lipinski definition) is 3. The van der Waals surface area contributed by atoms with Crippen molar-refractivity contribution in [3.8, 4) is 0 Å². The second-order valence-corrected chi connectivity index (χ2v) is 1.22. The van der Waals surface area contributed by atoms with Gasteiger partial charge in [0.25, 0.3) is 0 Å². The predicted molar refractivity (Wildman–Crippen MR) is 31.5 cm³/mol. The van der Waals surface area contributed by atoms with Crippen LogP contribution in [0.4, 0.5) is 0 Å². The van der Waals surface area contributed by atoms with Gasteiger partial charge in [-0.05, 0) is 6.92 Å². The monoisotopic (exact) mass is 136 g/mol. The molecule has 0 unspecified atom stereocenters. The first-order valence-corrected chi connectivity index (χ1v) is 2.59. The fourth-order valence-corrected chi connectivity index (χ4v) is 0.291. The summed E-state index contributed by atoms with van der Waals surface area (Å²) in [5.41, 5.74) is 0. The molecule has 10 heavy (non-hydrogen) atoms. The van der Waals surface area contributed by atoms with Crippen LogP contribution in [0, 0.1) is 6.26 Å². The minimum atomic E-state index is -0.431. The van der Waals surface area contributed by atoms with E-state index in [0.717, 1.165) is 6.08 Å². The van der Waals surface area contributed by atoms with Gasteiger partial charge >= 0.3 is 18.9 Å². The second kappa shape index (κ2) is 8.61. The summed E-state index contributed by atoms with van der Waals surface area (Å²) in [6.45, 7) is 2.11. The van der Waals surface area contributed by atoms with Crippen LogP contribution in [0.5, 0.6) is 0 Å². The van der Waals surface area contributed by atoms with Gasteiger partial charge in [-0.2, -0.15) is 0 Å². The van der Waals surface area contributed by atoms with Gasteiger partial charge in [-0.1, -0.05) is 6.26 Å². The molecule has 52 valence electrons. The summed E-state index contributed by atoms with van der Waals surface area (Å²) < 4.78 is 8.86. The summed E-state index contributed by atoms with van der Waals surface area (Å²) >= 11 is 0. The van der Waals surface area contributed by atoms with Gasteiger partial charge in [0.05, 0.1) is 13.7 Å². The zero-order chi connectivity index (χ0) is 7.11. The van der Waals surface area contributed by atoms with Crippen molar-refractivity contribution in [1.82, 2.24) is 0 Å². The minimum absolute atomic E-state index is 0. The number of hydrogen-bond donors (Lipinski definition) is 0. The Morgan fingerprint density at radius 2 is 2.30 bits per heavy atom. The molecule has 0 amide bonds. The van der Waals surface area contributed by atoms with E-state index in [1.807, 2.05) is 0 Å². The third-order valence-corrected chi connectivity index (χ3v) is 0.581. The smallest absolute Gasteiger partial charge is 0.596 e. The molecule has 0 saturated carbocycles. The van der Waals surface area contributed by atoms with Gasteiger partial charge in [0, 0.05) is 0 Å². The third-order valence-electron chi connectivity index (χ3n) is 0.581. The molecule has 0 aliphatic carbocycles. The Morgan fingerprint density at radius 1 is 1.70 bits per heavy atom. The van der Waals surface area contributed by atoms with Crippen LogP contribution in [-0.4, -0.2) is 19.7 Å². The van der Waals surface area contributed by atoms with E-state index in [4.69, 9.17) is 0 Å². The number of carbonyl (C=O) groups excluding carboxylic acids is 1. The zero-order valence-corrected chi connectivity index (χ0v) is 6.51. The molecule has 4 heteroatoms. The first kappa shape index (κ1) is 12.3. The molecule has 0 fully saturated rings. The molecule has 0 heterocycles. The SMILES string of the molecule is CCOC(=O)C=[C-]OC.[Li+]. The Hall–Kier alpha value is -0.393. The van der Waals surface area contributed by atoms with Gasteiger partial charge in [0.1, 0.15) is 0 Å². The summed E-state index contributed by atoms with van der Waals surface area (Å²) in [6, 6.07) is 0. The van der Waals surface area contributed by atoms with Crippen molar-refractivity contribution < 1.29 is 33.1 Å². The van der Waals surface area contributed by atoms with Gasteiger partial charge in [0.15, 0.2) is 5.97 Å². The summed E-state index contributed by atoms with van der Waals surface area (Å²) in [7, 11) is 1.41. The van der Waals surface area contributed by atoms with Crippen molar-refractivity contribution in [3.05, 3.63) is 12.3 Å². The van der Waals surface area contributed by atoms with E-state index in [-0.39, 0.29) is 18.9 Å². The molecule has 0 aliphatic heterocycles. The number of rotatable bonds is 3. The summed E-state index contributed by atoms with van der Waals surface area (Å²) in [5.74, 6) is -0.431. The van der Waals surface area contributed by atoms with Gasteiger partial charge in [-0.3, -0.25) is 0 Å². The van der Waals surface area contributed by atoms with E-state index in [9.17, 15) is 4.79 Å². The van der Waals surface area contributed by atoms with Crippen molar-refractivity contribution in [2.24, 2.45) is 0 Å². The molecule has 3 nitrogen and oxygen atoms in total. The molecule has 0 saturated heterocycles. The molecular formula is C6H9LiO3. The molecular weight excluding hydrogens is 127 g/mol. The molecule has 0 radical (unpaired) electrons. The molecule has 0 bridgehead atoms. The van der Waals surface area contributed by atoms with E-state index >= 15 is 0 Å². The van der Waals surface area contributed by atoms with Crippen LogP contribution < -0.4 is 18.9 Å². The van der Waals surface area contributed by atoms with Crippen molar-refractivity contribution in [1.29, 1.82) is 0 Å². The molecule has 0 rings (SSSR count). The van der Waals surface area contributed by atoms with Crippen molar-refractivity contribution in [2.45, 2.75) is 6.92 Å². The summed E-state index contributed by atoms with van der Waals surface area (Å²) in [5, 5.41) is 0.